The van der Waals surface area contributed by atoms with E-state index in [2.05, 4.69) is 15.6 Å². The van der Waals surface area contributed by atoms with Gasteiger partial charge in [0.15, 0.2) is 0 Å². The Balaban J connectivity index is 1.80. The van der Waals surface area contributed by atoms with Crippen LogP contribution in [0.5, 0.6) is 0 Å². The van der Waals surface area contributed by atoms with Gasteiger partial charge in [0.05, 0.1) is 13.1 Å². The quantitative estimate of drug-likeness (QED) is 0.411. The molecule has 33 heavy (non-hydrogen) atoms. The number of carbonyl (C=O) groups is 2. The third kappa shape index (κ3) is 5.88. The zero-order valence-electron chi connectivity index (χ0n) is 18.4. The van der Waals surface area contributed by atoms with Crippen LogP contribution in [0.15, 0.2) is 64.2 Å². The zero-order chi connectivity index (χ0) is 24.0. The highest BCUT2D eigenvalue weighted by atomic mass is 16.2. The number of nitrogens with one attached hydrogen (secondary N) is 3. The Hall–Kier alpha value is -4.34. The molecular formula is C23H26N6O4. The highest BCUT2D eigenvalue weighted by molar-refractivity contribution is 5.95. The molecule has 0 saturated heterocycles. The Morgan fingerprint density at radius 1 is 1.00 bits per heavy atom. The summed E-state index contributed by atoms with van der Waals surface area (Å²) in [6.07, 6.45) is 0. The fourth-order valence-corrected chi connectivity index (χ4v) is 3.37. The van der Waals surface area contributed by atoms with Gasteiger partial charge in [-0.2, -0.15) is 0 Å². The van der Waals surface area contributed by atoms with Crippen molar-refractivity contribution in [2.24, 2.45) is 0 Å². The second-order valence-corrected chi connectivity index (χ2v) is 7.39. The molecule has 0 radical (unpaired) electrons. The number of nitrogen functional groups attached to an aromatic ring is 1. The number of aromatic nitrogens is 2. The zero-order valence-corrected chi connectivity index (χ0v) is 18.4. The van der Waals surface area contributed by atoms with Crippen molar-refractivity contribution in [3.05, 3.63) is 81.0 Å². The number of anilines is 4. The van der Waals surface area contributed by atoms with Crippen molar-refractivity contribution in [1.29, 1.82) is 0 Å². The lowest BCUT2D eigenvalue weighted by Gasteiger charge is -2.24. The Labute approximate surface area is 190 Å². The van der Waals surface area contributed by atoms with Crippen molar-refractivity contribution >= 4 is 34.7 Å². The van der Waals surface area contributed by atoms with E-state index in [4.69, 9.17) is 5.73 Å². The highest BCUT2D eigenvalue weighted by Crippen LogP contribution is 2.18. The molecule has 5 N–H and O–H groups in total. The van der Waals surface area contributed by atoms with Gasteiger partial charge < -0.3 is 21.3 Å². The van der Waals surface area contributed by atoms with Crippen LogP contribution in [0, 0.1) is 0 Å². The lowest BCUT2D eigenvalue weighted by atomic mass is 10.2. The minimum absolute atomic E-state index is 0.0121. The van der Waals surface area contributed by atoms with Crippen LogP contribution in [-0.4, -0.2) is 34.5 Å². The lowest BCUT2D eigenvalue weighted by Crippen LogP contribution is -2.41. The SMILES string of the molecule is CCN(CC(=O)Nc1ccc(NC(C)=O)cc1)c1c(N)n(Cc2ccccc2)c(=O)[nH]c1=O. The van der Waals surface area contributed by atoms with Crippen molar-refractivity contribution < 1.29 is 9.59 Å². The van der Waals surface area contributed by atoms with Gasteiger partial charge in [-0.15, -0.1) is 0 Å². The molecule has 3 rings (SSSR count). The predicted octanol–water partition coefficient (Wildman–Crippen LogP) is 1.59. The van der Waals surface area contributed by atoms with E-state index in [9.17, 15) is 19.2 Å². The van der Waals surface area contributed by atoms with Crippen LogP contribution in [-0.2, 0) is 16.1 Å². The minimum Gasteiger partial charge on any atom is -0.383 e. The van der Waals surface area contributed by atoms with Gasteiger partial charge in [-0.1, -0.05) is 30.3 Å². The van der Waals surface area contributed by atoms with Gasteiger partial charge in [0.1, 0.15) is 11.5 Å². The first kappa shape index (κ1) is 23.3. The molecule has 0 bridgehead atoms. The first-order chi connectivity index (χ1) is 15.8. The molecule has 0 unspecified atom stereocenters. The molecule has 1 heterocycles. The predicted molar refractivity (Wildman–Crippen MR) is 129 cm³/mol. The second-order valence-electron chi connectivity index (χ2n) is 7.39. The monoisotopic (exact) mass is 450 g/mol. The molecule has 0 aliphatic heterocycles. The van der Waals surface area contributed by atoms with Crippen LogP contribution in [0.4, 0.5) is 22.9 Å². The lowest BCUT2D eigenvalue weighted by molar-refractivity contribution is -0.115. The molecule has 2 aromatic carbocycles. The molecular weight excluding hydrogens is 424 g/mol. The maximum Gasteiger partial charge on any atom is 0.330 e. The molecule has 1 aromatic heterocycles. The molecule has 0 saturated carbocycles. The van der Waals surface area contributed by atoms with E-state index in [0.717, 1.165) is 5.56 Å². The van der Waals surface area contributed by atoms with Crippen LogP contribution in [0.3, 0.4) is 0 Å². The number of likely N-dealkylation sites (N-methyl/N-ethyl adjacent to an activating group) is 1. The Bertz CT molecular complexity index is 1250. The molecule has 3 aromatic rings. The molecule has 0 atom stereocenters. The second kappa shape index (κ2) is 10.3. The first-order valence-electron chi connectivity index (χ1n) is 10.4. The molecule has 2 amide bonds. The fraction of sp³-hybridized carbons (Fsp3) is 0.217. The highest BCUT2D eigenvalue weighted by Gasteiger charge is 2.20. The average Bonchev–Trinajstić information content (AvgIpc) is 2.77. The molecule has 0 spiro atoms. The van der Waals surface area contributed by atoms with Crippen LogP contribution in [0.1, 0.15) is 19.4 Å². The minimum atomic E-state index is -0.656. The van der Waals surface area contributed by atoms with E-state index in [1.54, 1.807) is 31.2 Å². The number of carbonyl (C=O) groups excluding carboxylic acids is 2. The van der Waals surface area contributed by atoms with Crippen LogP contribution in [0.25, 0.3) is 0 Å². The topological polar surface area (TPSA) is 142 Å². The van der Waals surface area contributed by atoms with Crippen molar-refractivity contribution in [2.75, 3.05) is 34.4 Å². The molecule has 10 heteroatoms. The van der Waals surface area contributed by atoms with E-state index >= 15 is 0 Å². The van der Waals surface area contributed by atoms with Crippen LogP contribution < -0.4 is 32.5 Å². The van der Waals surface area contributed by atoms with Crippen molar-refractivity contribution in [2.45, 2.75) is 20.4 Å². The molecule has 10 nitrogen and oxygen atoms in total. The number of amides is 2. The Kier molecular flexibility index (Phi) is 7.29. The van der Waals surface area contributed by atoms with Crippen molar-refractivity contribution in [3.8, 4) is 0 Å². The number of rotatable bonds is 8. The molecule has 0 fully saturated rings. The van der Waals surface area contributed by atoms with Crippen molar-refractivity contribution in [1.82, 2.24) is 9.55 Å². The summed E-state index contributed by atoms with van der Waals surface area (Å²) in [5, 5.41) is 5.39. The number of benzene rings is 2. The van der Waals surface area contributed by atoms with E-state index in [-0.39, 0.29) is 36.4 Å². The summed E-state index contributed by atoms with van der Waals surface area (Å²) in [4.78, 5) is 52.5. The van der Waals surface area contributed by atoms with Gasteiger partial charge in [0.2, 0.25) is 11.8 Å². The summed E-state index contributed by atoms with van der Waals surface area (Å²) >= 11 is 0. The number of hydrogen-bond acceptors (Lipinski definition) is 6. The number of aromatic amines is 1. The number of nitrogens with two attached hydrogens (primary N) is 1. The van der Waals surface area contributed by atoms with Gasteiger partial charge in [0, 0.05) is 24.8 Å². The summed E-state index contributed by atoms with van der Waals surface area (Å²) in [6.45, 7) is 3.53. The number of hydrogen-bond donors (Lipinski definition) is 4. The number of nitrogens with zero attached hydrogens (tertiary/aromatic N) is 2. The smallest absolute Gasteiger partial charge is 0.330 e. The van der Waals surface area contributed by atoms with E-state index in [0.29, 0.717) is 17.9 Å². The first-order valence-corrected chi connectivity index (χ1v) is 10.4. The Morgan fingerprint density at radius 2 is 1.61 bits per heavy atom. The van der Waals surface area contributed by atoms with Gasteiger partial charge in [-0.05, 0) is 36.8 Å². The van der Waals surface area contributed by atoms with E-state index in [1.165, 1.54) is 16.4 Å². The fourth-order valence-electron chi connectivity index (χ4n) is 3.37. The van der Waals surface area contributed by atoms with Crippen LogP contribution >= 0.6 is 0 Å². The van der Waals surface area contributed by atoms with Gasteiger partial charge in [-0.3, -0.25) is 23.9 Å². The van der Waals surface area contributed by atoms with E-state index in [1.807, 2.05) is 30.3 Å². The summed E-state index contributed by atoms with van der Waals surface area (Å²) < 4.78 is 1.27. The number of H-pyrrole nitrogens is 1. The molecule has 0 aliphatic rings. The Morgan fingerprint density at radius 3 is 2.18 bits per heavy atom. The van der Waals surface area contributed by atoms with Gasteiger partial charge >= 0.3 is 5.69 Å². The third-order valence-corrected chi connectivity index (χ3v) is 4.92. The van der Waals surface area contributed by atoms with Crippen molar-refractivity contribution in [3.63, 3.8) is 0 Å². The summed E-state index contributed by atoms with van der Waals surface area (Å²) in [6, 6.07) is 15.9. The maximum absolute atomic E-state index is 12.6. The normalized spacial score (nSPS) is 10.5. The largest absolute Gasteiger partial charge is 0.383 e. The maximum atomic E-state index is 12.6. The third-order valence-electron chi connectivity index (χ3n) is 4.92. The van der Waals surface area contributed by atoms with Gasteiger partial charge in [-0.25, -0.2) is 4.79 Å². The van der Waals surface area contributed by atoms with E-state index < -0.39 is 11.2 Å². The average molecular weight is 450 g/mol. The standard InChI is InChI=1S/C23H26N6O4/c1-3-28(14-19(31)26-18-11-9-17(10-12-18)25-15(2)30)20-21(24)29(23(33)27-22(20)32)13-16-7-5-4-6-8-16/h4-12H,3,13-14,24H2,1-2H3,(H,25,30)(H,26,31)(H,27,32,33). The van der Waals surface area contributed by atoms with Crippen LogP contribution in [0.2, 0.25) is 0 Å². The molecule has 0 aliphatic carbocycles. The molecule has 172 valence electrons. The van der Waals surface area contributed by atoms with Gasteiger partial charge in [0.25, 0.3) is 5.56 Å². The summed E-state index contributed by atoms with van der Waals surface area (Å²) in [5.41, 5.74) is 6.99. The summed E-state index contributed by atoms with van der Waals surface area (Å²) in [5.74, 6) is -0.576. The summed E-state index contributed by atoms with van der Waals surface area (Å²) in [7, 11) is 0.